The summed E-state index contributed by atoms with van der Waals surface area (Å²) in [5.74, 6) is 0. The minimum atomic E-state index is -0.149. The molecule has 1 nitrogen and oxygen atoms in total. The number of allylic oxidation sites excluding steroid dienone is 2. The highest BCUT2D eigenvalue weighted by molar-refractivity contribution is 6.25. The lowest BCUT2D eigenvalue weighted by atomic mass is 9.91. The van der Waals surface area contributed by atoms with Crippen molar-refractivity contribution in [1.82, 2.24) is 0 Å². The quantitative estimate of drug-likeness (QED) is 0.180. The van der Waals surface area contributed by atoms with Crippen LogP contribution in [-0.2, 0) is 4.43 Å². The van der Waals surface area contributed by atoms with E-state index in [0.29, 0.717) is 9.76 Å². The van der Waals surface area contributed by atoms with Gasteiger partial charge >= 0.3 is 0 Å². The van der Waals surface area contributed by atoms with E-state index in [4.69, 9.17) is 4.43 Å². The van der Waals surface area contributed by atoms with Crippen molar-refractivity contribution in [3.05, 3.63) is 61.3 Å². The Hall–Kier alpha value is -1.12. The zero-order chi connectivity index (χ0) is 16.3. The van der Waals surface area contributed by atoms with Crippen LogP contribution < -0.4 is 0 Å². The van der Waals surface area contributed by atoms with E-state index in [1.165, 1.54) is 25.7 Å². The fourth-order valence-electron chi connectivity index (χ4n) is 2.09. The maximum atomic E-state index is 5.85. The van der Waals surface area contributed by atoms with Crippen molar-refractivity contribution in [1.29, 1.82) is 0 Å². The van der Waals surface area contributed by atoms with E-state index in [1.807, 2.05) is 6.55 Å². The summed E-state index contributed by atoms with van der Waals surface area (Å²) < 4.78 is 5.85. The molecular formula is C19H30OSi. The molecule has 0 amide bonds. The molecule has 0 aromatic heterocycles. The molecule has 0 aliphatic carbocycles. The Bertz CT molecular complexity index is 392. The van der Waals surface area contributed by atoms with Crippen molar-refractivity contribution in [2.75, 3.05) is 0 Å². The third-order valence-corrected chi connectivity index (χ3v) is 4.02. The molecule has 0 heterocycles. The molecule has 1 unspecified atom stereocenters. The van der Waals surface area contributed by atoms with Crippen molar-refractivity contribution in [3.63, 3.8) is 0 Å². The first kappa shape index (κ1) is 19.9. The molecule has 0 aliphatic rings. The van der Waals surface area contributed by atoms with Gasteiger partial charge in [-0.2, -0.15) is 0 Å². The van der Waals surface area contributed by atoms with Crippen LogP contribution in [-0.4, -0.2) is 15.9 Å². The Morgan fingerprint density at radius 2 is 1.71 bits per heavy atom. The van der Waals surface area contributed by atoms with Crippen LogP contribution in [0.25, 0.3) is 0 Å². The molecule has 2 radical (unpaired) electrons. The van der Waals surface area contributed by atoms with Gasteiger partial charge in [0.15, 0.2) is 0 Å². The van der Waals surface area contributed by atoms with Crippen LogP contribution in [0, 0.1) is 0 Å². The molecule has 0 aliphatic heterocycles. The van der Waals surface area contributed by atoms with E-state index >= 15 is 0 Å². The molecule has 0 spiro atoms. The number of hydrogen-bond donors (Lipinski definition) is 0. The molecule has 0 bridgehead atoms. The van der Waals surface area contributed by atoms with E-state index in [-0.39, 0.29) is 6.10 Å². The van der Waals surface area contributed by atoms with Gasteiger partial charge in [0.2, 0.25) is 9.76 Å². The summed E-state index contributed by atoms with van der Waals surface area (Å²) in [6.07, 6.45) is 8.82. The molecule has 1 atom stereocenters. The largest absolute Gasteiger partial charge is 0.407 e. The zero-order valence-corrected chi connectivity index (χ0v) is 14.8. The summed E-state index contributed by atoms with van der Waals surface area (Å²) in [7, 11) is 0.398. The van der Waals surface area contributed by atoms with Gasteiger partial charge in [-0.15, -0.1) is 0 Å². The highest BCUT2D eigenvalue weighted by atomic mass is 28.2. The predicted molar refractivity (Wildman–Crippen MR) is 96.6 cm³/mol. The smallest absolute Gasteiger partial charge is 0.227 e. The monoisotopic (exact) mass is 302 g/mol. The van der Waals surface area contributed by atoms with Crippen molar-refractivity contribution < 1.29 is 4.43 Å². The van der Waals surface area contributed by atoms with Gasteiger partial charge in [-0.25, -0.2) is 0 Å². The van der Waals surface area contributed by atoms with Crippen molar-refractivity contribution >= 4 is 9.76 Å². The molecule has 21 heavy (non-hydrogen) atoms. The van der Waals surface area contributed by atoms with E-state index in [9.17, 15) is 0 Å². The van der Waals surface area contributed by atoms with E-state index in [2.05, 4.69) is 39.8 Å². The minimum Gasteiger partial charge on any atom is -0.407 e. The molecule has 0 N–H and O–H groups in total. The summed E-state index contributed by atoms with van der Waals surface area (Å²) in [5, 5.41) is 0. The highest BCUT2D eigenvalue weighted by Crippen LogP contribution is 2.26. The van der Waals surface area contributed by atoms with Crippen LogP contribution in [0.2, 0.25) is 6.55 Å². The van der Waals surface area contributed by atoms with Crippen molar-refractivity contribution in [2.45, 2.75) is 58.1 Å². The lowest BCUT2D eigenvalue weighted by Crippen LogP contribution is -2.20. The Morgan fingerprint density at radius 3 is 2.24 bits per heavy atom. The Morgan fingerprint density at radius 1 is 1.10 bits per heavy atom. The summed E-state index contributed by atoms with van der Waals surface area (Å²) >= 11 is 0. The first-order valence-electron chi connectivity index (χ1n) is 7.69. The molecule has 116 valence electrons. The minimum absolute atomic E-state index is 0.149. The summed E-state index contributed by atoms with van der Waals surface area (Å²) in [6, 6.07) is 0. The second-order valence-corrected chi connectivity index (χ2v) is 5.90. The fourth-order valence-corrected chi connectivity index (χ4v) is 2.64. The van der Waals surface area contributed by atoms with Crippen LogP contribution >= 0.6 is 0 Å². The van der Waals surface area contributed by atoms with Crippen LogP contribution in [0.4, 0.5) is 0 Å². The Labute approximate surface area is 134 Å². The van der Waals surface area contributed by atoms with Crippen LogP contribution in [0.1, 0.15) is 45.4 Å². The second kappa shape index (κ2) is 11.5. The van der Waals surface area contributed by atoms with E-state index in [0.717, 1.165) is 35.1 Å². The molecule has 2 heteroatoms. The second-order valence-electron chi connectivity index (χ2n) is 5.26. The maximum Gasteiger partial charge on any atom is 0.227 e. The standard InChI is InChI=1S/C19H30OSi/c1-8-10-11-12-13-14-16(4)19(20-21-7)18(6)17(5)15(3)9-2/h9,19H,2-6,8,10-14H2,1,7H3. The molecular weight excluding hydrogens is 272 g/mol. The molecule has 0 rings (SSSR count). The van der Waals surface area contributed by atoms with Gasteiger partial charge < -0.3 is 4.43 Å². The summed E-state index contributed by atoms with van der Waals surface area (Å²) in [5.41, 5.74) is 3.54. The van der Waals surface area contributed by atoms with Gasteiger partial charge in [-0.3, -0.25) is 0 Å². The molecule has 0 fully saturated rings. The highest BCUT2D eigenvalue weighted by Gasteiger charge is 2.18. The Balaban J connectivity index is 4.55. The number of hydrogen-bond acceptors (Lipinski definition) is 1. The van der Waals surface area contributed by atoms with Crippen molar-refractivity contribution in [3.8, 4) is 0 Å². The average molecular weight is 303 g/mol. The lowest BCUT2D eigenvalue weighted by Gasteiger charge is -2.24. The summed E-state index contributed by atoms with van der Waals surface area (Å²) in [4.78, 5) is 0. The number of rotatable bonds is 13. The molecule has 0 saturated carbocycles. The first-order chi connectivity index (χ1) is 9.99. The maximum absolute atomic E-state index is 5.85. The molecule has 0 aromatic carbocycles. The molecule has 0 saturated heterocycles. The van der Waals surface area contributed by atoms with Crippen LogP contribution in [0.5, 0.6) is 0 Å². The van der Waals surface area contributed by atoms with Crippen LogP contribution in [0.15, 0.2) is 61.3 Å². The van der Waals surface area contributed by atoms with Gasteiger partial charge in [0, 0.05) is 0 Å². The van der Waals surface area contributed by atoms with Crippen LogP contribution in [0.3, 0.4) is 0 Å². The van der Waals surface area contributed by atoms with Gasteiger partial charge in [-0.05, 0) is 41.7 Å². The van der Waals surface area contributed by atoms with Gasteiger partial charge in [0.1, 0.15) is 0 Å². The first-order valence-corrected chi connectivity index (χ1v) is 9.10. The van der Waals surface area contributed by atoms with Gasteiger partial charge in [0.05, 0.1) is 6.10 Å². The van der Waals surface area contributed by atoms with E-state index < -0.39 is 0 Å². The van der Waals surface area contributed by atoms with E-state index in [1.54, 1.807) is 6.08 Å². The Kier molecular flexibility index (Phi) is 10.9. The van der Waals surface area contributed by atoms with Gasteiger partial charge in [-0.1, -0.05) is 71.6 Å². The van der Waals surface area contributed by atoms with Gasteiger partial charge in [0.25, 0.3) is 0 Å². The number of unbranched alkanes of at least 4 members (excludes halogenated alkanes) is 4. The van der Waals surface area contributed by atoms with Crippen molar-refractivity contribution in [2.24, 2.45) is 0 Å². The molecule has 0 aromatic rings. The normalized spacial score (nSPS) is 11.7. The third-order valence-electron chi connectivity index (χ3n) is 3.55. The average Bonchev–Trinajstić information content (AvgIpc) is 2.49. The SMILES string of the molecule is C=CC(=C)C(=C)C(=C)C(O[Si]C)C(=C)CCCCCCC. The third kappa shape index (κ3) is 7.44. The summed E-state index contributed by atoms with van der Waals surface area (Å²) in [6.45, 7) is 24.3. The lowest BCUT2D eigenvalue weighted by molar-refractivity contribution is 0.287. The zero-order valence-electron chi connectivity index (χ0n) is 13.8. The predicted octanol–water partition coefficient (Wildman–Crippen LogP) is 5.81. The topological polar surface area (TPSA) is 9.23 Å². The fraction of sp³-hybridized carbons (Fsp3) is 0.474.